The largest absolute Gasteiger partial charge is 0.488 e. The van der Waals surface area contributed by atoms with Crippen LogP contribution < -0.4 is 4.74 Å². The molecule has 28 heavy (non-hydrogen) atoms. The Hall–Kier alpha value is -3.57. The second-order valence-corrected chi connectivity index (χ2v) is 6.72. The first-order chi connectivity index (χ1) is 13.5. The number of amides is 2. The Bertz CT molecular complexity index is 1030. The molecule has 2 aromatic rings. The zero-order valence-electron chi connectivity index (χ0n) is 14.5. The molecule has 1 heterocycles. The van der Waals surface area contributed by atoms with Crippen LogP contribution in [0.1, 0.15) is 11.1 Å². The van der Waals surface area contributed by atoms with Gasteiger partial charge in [0.15, 0.2) is 0 Å². The summed E-state index contributed by atoms with van der Waals surface area (Å²) in [6.45, 7) is 0.0397. The molecule has 0 unspecified atom stereocenters. The highest BCUT2D eigenvalue weighted by atomic mass is 32.2. The van der Waals surface area contributed by atoms with Crippen LogP contribution in [0.5, 0.6) is 5.75 Å². The van der Waals surface area contributed by atoms with Crippen molar-refractivity contribution < 1.29 is 19.2 Å². The first-order valence-corrected chi connectivity index (χ1v) is 8.95. The van der Waals surface area contributed by atoms with Gasteiger partial charge in [0.05, 0.1) is 16.4 Å². The smallest absolute Gasteiger partial charge is 0.294 e. The van der Waals surface area contributed by atoms with Gasteiger partial charge in [0.1, 0.15) is 12.4 Å². The van der Waals surface area contributed by atoms with Gasteiger partial charge in [-0.15, -0.1) is 6.42 Å². The number of thioether (sulfide) groups is 1. The molecule has 1 aliphatic heterocycles. The van der Waals surface area contributed by atoms with Gasteiger partial charge in [-0.25, -0.2) is 0 Å². The fraction of sp³-hybridized carbons (Fsp3) is 0.100. The van der Waals surface area contributed by atoms with Gasteiger partial charge in [0.25, 0.3) is 16.8 Å². The molecule has 0 saturated carbocycles. The molecular formula is C20H14N2O5S. The SMILES string of the molecule is C#CCN1C(=O)S/C(=C/c2ccccc2OCc2cccc([N+](=O)[O-])c2)C1=O. The molecule has 0 aliphatic carbocycles. The van der Waals surface area contributed by atoms with Crippen molar-refractivity contribution in [1.29, 1.82) is 0 Å². The number of ether oxygens (including phenoxy) is 1. The fourth-order valence-electron chi connectivity index (χ4n) is 2.52. The number of para-hydroxylation sites is 1. The Kier molecular flexibility index (Phi) is 5.77. The van der Waals surface area contributed by atoms with E-state index in [0.29, 0.717) is 16.9 Å². The predicted molar refractivity (Wildman–Crippen MR) is 105 cm³/mol. The minimum Gasteiger partial charge on any atom is -0.488 e. The standard InChI is InChI=1S/C20H14N2O5S/c1-2-10-21-19(23)18(28-20(21)24)12-15-7-3-4-9-17(15)27-13-14-6-5-8-16(11-14)22(25)26/h1,3-9,11-12H,10,13H2/b18-12+. The topological polar surface area (TPSA) is 89.8 Å². The molecule has 0 N–H and O–H groups in total. The molecule has 3 rings (SSSR count). The van der Waals surface area contributed by atoms with Gasteiger partial charge in [0, 0.05) is 17.7 Å². The maximum Gasteiger partial charge on any atom is 0.294 e. The highest BCUT2D eigenvalue weighted by Crippen LogP contribution is 2.33. The minimum atomic E-state index is -0.468. The Morgan fingerprint density at radius 1 is 1.21 bits per heavy atom. The summed E-state index contributed by atoms with van der Waals surface area (Å²) in [5.41, 5.74) is 1.23. The van der Waals surface area contributed by atoms with Crippen molar-refractivity contribution in [2.75, 3.05) is 6.54 Å². The fourth-order valence-corrected chi connectivity index (χ4v) is 3.35. The van der Waals surface area contributed by atoms with E-state index in [1.54, 1.807) is 42.5 Å². The number of benzene rings is 2. The Balaban J connectivity index is 1.80. The highest BCUT2D eigenvalue weighted by Gasteiger charge is 2.34. The summed E-state index contributed by atoms with van der Waals surface area (Å²) < 4.78 is 5.79. The second-order valence-electron chi connectivity index (χ2n) is 5.73. The average Bonchev–Trinajstić information content (AvgIpc) is 2.95. The average molecular weight is 394 g/mol. The number of carbonyl (C=O) groups excluding carboxylic acids is 2. The molecule has 0 radical (unpaired) electrons. The highest BCUT2D eigenvalue weighted by molar-refractivity contribution is 8.18. The molecule has 2 amide bonds. The van der Waals surface area contributed by atoms with Crippen molar-refractivity contribution in [2.24, 2.45) is 0 Å². The van der Waals surface area contributed by atoms with Crippen molar-refractivity contribution in [3.05, 3.63) is 74.7 Å². The van der Waals surface area contributed by atoms with Gasteiger partial charge < -0.3 is 4.74 Å². The molecule has 140 valence electrons. The Labute approximate surface area is 165 Å². The summed E-state index contributed by atoms with van der Waals surface area (Å²) in [5, 5.41) is 10.5. The molecule has 0 atom stereocenters. The molecular weight excluding hydrogens is 380 g/mol. The van der Waals surface area contributed by atoms with Crippen molar-refractivity contribution >= 4 is 34.7 Å². The van der Waals surface area contributed by atoms with Crippen LogP contribution in [0.3, 0.4) is 0 Å². The molecule has 7 nitrogen and oxygen atoms in total. The number of hydrogen-bond donors (Lipinski definition) is 0. The van der Waals surface area contributed by atoms with E-state index in [9.17, 15) is 19.7 Å². The van der Waals surface area contributed by atoms with Crippen LogP contribution in [0, 0.1) is 22.5 Å². The van der Waals surface area contributed by atoms with E-state index >= 15 is 0 Å². The van der Waals surface area contributed by atoms with Crippen LogP contribution in [0.2, 0.25) is 0 Å². The normalized spacial score (nSPS) is 15.0. The minimum absolute atomic E-state index is 0.0171. The summed E-state index contributed by atoms with van der Waals surface area (Å²) in [6.07, 6.45) is 6.77. The Morgan fingerprint density at radius 2 is 2.00 bits per heavy atom. The van der Waals surface area contributed by atoms with Crippen LogP contribution in [-0.2, 0) is 11.4 Å². The van der Waals surface area contributed by atoms with Gasteiger partial charge in [-0.3, -0.25) is 24.6 Å². The number of hydrogen-bond acceptors (Lipinski definition) is 6. The quantitative estimate of drug-likeness (QED) is 0.320. The zero-order chi connectivity index (χ0) is 20.1. The number of nitro groups is 1. The van der Waals surface area contributed by atoms with Gasteiger partial charge in [-0.2, -0.15) is 0 Å². The lowest BCUT2D eigenvalue weighted by Crippen LogP contribution is -2.28. The van der Waals surface area contributed by atoms with E-state index in [1.807, 2.05) is 0 Å². The number of terminal acetylenes is 1. The van der Waals surface area contributed by atoms with E-state index in [1.165, 1.54) is 12.1 Å². The number of imide groups is 1. The number of carbonyl (C=O) groups is 2. The predicted octanol–water partition coefficient (Wildman–Crippen LogP) is 3.84. The summed E-state index contributed by atoms with van der Waals surface area (Å²) >= 11 is 0.817. The van der Waals surface area contributed by atoms with E-state index in [4.69, 9.17) is 11.2 Å². The van der Waals surface area contributed by atoms with E-state index in [0.717, 1.165) is 16.7 Å². The van der Waals surface area contributed by atoms with E-state index < -0.39 is 16.1 Å². The number of nitrogens with zero attached hydrogens (tertiary/aromatic N) is 2. The van der Waals surface area contributed by atoms with Crippen LogP contribution >= 0.6 is 11.8 Å². The third kappa shape index (κ3) is 4.22. The van der Waals surface area contributed by atoms with Crippen LogP contribution in [0.15, 0.2) is 53.4 Å². The van der Waals surface area contributed by atoms with Crippen molar-refractivity contribution in [1.82, 2.24) is 4.90 Å². The zero-order valence-corrected chi connectivity index (χ0v) is 15.3. The molecule has 2 aromatic carbocycles. The summed E-state index contributed by atoms with van der Waals surface area (Å²) in [6, 6.07) is 13.2. The molecule has 8 heteroatoms. The maximum atomic E-state index is 12.3. The van der Waals surface area contributed by atoms with Crippen molar-refractivity contribution in [3.8, 4) is 18.1 Å². The monoisotopic (exact) mass is 394 g/mol. The molecule has 0 aromatic heterocycles. The molecule has 1 fully saturated rings. The summed E-state index contributed by atoms with van der Waals surface area (Å²) in [5.74, 6) is 2.33. The second kappa shape index (κ2) is 8.41. The maximum absolute atomic E-state index is 12.3. The van der Waals surface area contributed by atoms with Crippen LogP contribution in [0.25, 0.3) is 6.08 Å². The van der Waals surface area contributed by atoms with Gasteiger partial charge in [-0.1, -0.05) is 36.3 Å². The van der Waals surface area contributed by atoms with Gasteiger partial charge in [0.2, 0.25) is 0 Å². The molecule has 1 saturated heterocycles. The lowest BCUT2D eigenvalue weighted by atomic mass is 10.1. The third-order valence-electron chi connectivity index (χ3n) is 3.84. The molecule has 1 aliphatic rings. The lowest BCUT2D eigenvalue weighted by Gasteiger charge is -2.10. The van der Waals surface area contributed by atoms with Crippen molar-refractivity contribution in [2.45, 2.75) is 6.61 Å². The van der Waals surface area contributed by atoms with Crippen molar-refractivity contribution in [3.63, 3.8) is 0 Å². The first-order valence-electron chi connectivity index (χ1n) is 8.13. The summed E-state index contributed by atoms with van der Waals surface area (Å²) in [7, 11) is 0. The number of nitro benzene ring substituents is 1. The molecule has 0 bridgehead atoms. The number of non-ortho nitro benzene ring substituents is 1. The van der Waals surface area contributed by atoms with Gasteiger partial charge in [-0.05, 0) is 29.5 Å². The van der Waals surface area contributed by atoms with Gasteiger partial charge >= 0.3 is 0 Å². The van der Waals surface area contributed by atoms with E-state index in [2.05, 4.69) is 5.92 Å². The molecule has 0 spiro atoms. The van der Waals surface area contributed by atoms with E-state index in [-0.39, 0.29) is 23.7 Å². The van der Waals surface area contributed by atoms with Crippen LogP contribution in [-0.4, -0.2) is 27.5 Å². The third-order valence-corrected chi connectivity index (χ3v) is 4.75. The van der Waals surface area contributed by atoms with Crippen LogP contribution in [0.4, 0.5) is 10.5 Å². The lowest BCUT2D eigenvalue weighted by molar-refractivity contribution is -0.384. The first kappa shape index (κ1) is 19.2. The number of rotatable bonds is 6. The summed E-state index contributed by atoms with van der Waals surface area (Å²) in [4.78, 5) is 35.9. The Morgan fingerprint density at radius 3 is 2.75 bits per heavy atom.